The zero-order valence-electron chi connectivity index (χ0n) is 10.1. The van der Waals surface area contributed by atoms with Crippen molar-refractivity contribution in [2.45, 2.75) is 19.9 Å². The molecule has 0 bridgehead atoms. The third-order valence-corrected chi connectivity index (χ3v) is 3.01. The van der Waals surface area contributed by atoms with Crippen LogP contribution in [0.4, 0.5) is 0 Å². The SMILES string of the molecule is CC(C)[C@H](N)C(=O)OP(=O)(O)Oc1ccccc1. The summed E-state index contributed by atoms with van der Waals surface area (Å²) in [5.74, 6) is -1.03. The molecule has 0 aliphatic carbocycles. The third-order valence-electron chi connectivity index (χ3n) is 2.16. The second kappa shape index (κ2) is 6.00. The summed E-state index contributed by atoms with van der Waals surface area (Å²) in [6.07, 6.45) is 0. The van der Waals surface area contributed by atoms with Gasteiger partial charge in [0, 0.05) is 0 Å². The molecule has 0 fully saturated rings. The maximum absolute atomic E-state index is 11.6. The van der Waals surface area contributed by atoms with Gasteiger partial charge < -0.3 is 14.8 Å². The monoisotopic (exact) mass is 273 g/mol. The van der Waals surface area contributed by atoms with Gasteiger partial charge in [-0.05, 0) is 18.1 Å². The molecule has 0 amide bonds. The van der Waals surface area contributed by atoms with Crippen molar-refractivity contribution in [1.29, 1.82) is 0 Å². The molecule has 7 heteroatoms. The van der Waals surface area contributed by atoms with Crippen molar-refractivity contribution in [3.8, 4) is 5.75 Å². The van der Waals surface area contributed by atoms with Gasteiger partial charge >= 0.3 is 13.8 Å². The smallest absolute Gasteiger partial charge is 0.395 e. The normalized spacial score (nSPS) is 15.8. The number of carbonyl (C=O) groups is 1. The molecule has 100 valence electrons. The van der Waals surface area contributed by atoms with Crippen LogP contribution in [0.3, 0.4) is 0 Å². The maximum Gasteiger partial charge on any atom is 0.587 e. The molecular formula is C11H16NO5P. The molecule has 1 aromatic rings. The van der Waals surface area contributed by atoms with Crippen LogP contribution >= 0.6 is 7.82 Å². The van der Waals surface area contributed by atoms with Gasteiger partial charge in [0.25, 0.3) is 0 Å². The molecule has 1 rings (SSSR count). The van der Waals surface area contributed by atoms with Gasteiger partial charge in [0.15, 0.2) is 0 Å². The summed E-state index contributed by atoms with van der Waals surface area (Å²) in [5, 5.41) is 0. The van der Waals surface area contributed by atoms with Gasteiger partial charge in [-0.15, -0.1) is 0 Å². The molecule has 0 aliphatic heterocycles. The molecule has 1 unspecified atom stereocenters. The van der Waals surface area contributed by atoms with E-state index in [0.717, 1.165) is 0 Å². The Hall–Kier alpha value is -1.36. The second-order valence-electron chi connectivity index (χ2n) is 4.05. The van der Waals surface area contributed by atoms with Crippen LogP contribution < -0.4 is 10.3 Å². The topological polar surface area (TPSA) is 98.9 Å². The fourth-order valence-corrected chi connectivity index (χ4v) is 1.85. The van der Waals surface area contributed by atoms with Crippen molar-refractivity contribution in [1.82, 2.24) is 0 Å². The van der Waals surface area contributed by atoms with Crippen LogP contribution in [0, 0.1) is 5.92 Å². The third kappa shape index (κ3) is 4.49. The predicted molar refractivity (Wildman–Crippen MR) is 65.8 cm³/mol. The number of phosphoric acid groups is 1. The minimum Gasteiger partial charge on any atom is -0.395 e. The van der Waals surface area contributed by atoms with Crippen LogP contribution in [-0.4, -0.2) is 16.9 Å². The van der Waals surface area contributed by atoms with Gasteiger partial charge in [-0.1, -0.05) is 32.0 Å². The molecule has 2 atom stereocenters. The Labute approximate surface area is 105 Å². The number of rotatable bonds is 5. The first-order chi connectivity index (χ1) is 8.32. The summed E-state index contributed by atoms with van der Waals surface area (Å²) >= 11 is 0. The molecule has 6 nitrogen and oxygen atoms in total. The zero-order chi connectivity index (χ0) is 13.8. The van der Waals surface area contributed by atoms with E-state index in [-0.39, 0.29) is 11.7 Å². The van der Waals surface area contributed by atoms with Gasteiger partial charge in [-0.3, -0.25) is 4.89 Å². The summed E-state index contributed by atoms with van der Waals surface area (Å²) < 4.78 is 20.7. The average molecular weight is 273 g/mol. The van der Waals surface area contributed by atoms with Crippen LogP contribution in [0.1, 0.15) is 13.8 Å². The Morgan fingerprint density at radius 2 is 1.89 bits per heavy atom. The van der Waals surface area contributed by atoms with Crippen molar-refractivity contribution in [2.75, 3.05) is 0 Å². The Morgan fingerprint density at radius 3 is 2.39 bits per heavy atom. The van der Waals surface area contributed by atoms with E-state index >= 15 is 0 Å². The van der Waals surface area contributed by atoms with Crippen molar-refractivity contribution in [2.24, 2.45) is 11.7 Å². The number of phosphoric ester groups is 1. The van der Waals surface area contributed by atoms with Crippen molar-refractivity contribution < 1.29 is 23.3 Å². The minimum absolute atomic E-state index is 0.134. The van der Waals surface area contributed by atoms with Crippen molar-refractivity contribution in [3.05, 3.63) is 30.3 Å². The van der Waals surface area contributed by atoms with Gasteiger partial charge in [-0.2, -0.15) is 0 Å². The summed E-state index contributed by atoms with van der Waals surface area (Å²) in [5.41, 5.74) is 5.50. The summed E-state index contributed by atoms with van der Waals surface area (Å²) in [4.78, 5) is 20.8. The first-order valence-electron chi connectivity index (χ1n) is 5.38. The molecular weight excluding hydrogens is 257 g/mol. The van der Waals surface area contributed by atoms with E-state index in [1.165, 1.54) is 12.1 Å². The van der Waals surface area contributed by atoms with E-state index in [0.29, 0.717) is 0 Å². The van der Waals surface area contributed by atoms with E-state index < -0.39 is 19.8 Å². The Bertz CT molecular complexity index is 448. The summed E-state index contributed by atoms with van der Waals surface area (Å²) in [6, 6.07) is 6.94. The number of hydrogen-bond acceptors (Lipinski definition) is 5. The largest absolute Gasteiger partial charge is 0.587 e. The number of para-hydroxylation sites is 1. The fourth-order valence-electron chi connectivity index (χ4n) is 1.08. The van der Waals surface area contributed by atoms with Gasteiger partial charge in [0.05, 0.1) is 0 Å². The molecule has 0 heterocycles. The van der Waals surface area contributed by atoms with Gasteiger partial charge in [0.2, 0.25) is 0 Å². The molecule has 0 saturated carbocycles. The first-order valence-corrected chi connectivity index (χ1v) is 6.88. The standard InChI is InChI=1S/C11H16NO5P/c1-8(2)10(12)11(13)17-18(14,15)16-9-6-4-3-5-7-9/h3-8,10H,12H2,1-2H3,(H,14,15)/t10-/m0/s1. The number of carbonyl (C=O) groups excluding carboxylic acids is 1. The Balaban J connectivity index is 2.65. The highest BCUT2D eigenvalue weighted by atomic mass is 31.2. The Morgan fingerprint density at radius 1 is 1.33 bits per heavy atom. The summed E-state index contributed by atoms with van der Waals surface area (Å²) in [6.45, 7) is 3.40. The van der Waals surface area contributed by atoms with E-state index in [2.05, 4.69) is 4.52 Å². The van der Waals surface area contributed by atoms with Crippen LogP contribution in [0.25, 0.3) is 0 Å². The molecule has 0 radical (unpaired) electrons. The summed E-state index contributed by atoms with van der Waals surface area (Å²) in [7, 11) is -4.49. The van der Waals surface area contributed by atoms with E-state index in [9.17, 15) is 14.3 Å². The highest BCUT2D eigenvalue weighted by Crippen LogP contribution is 2.44. The minimum atomic E-state index is -4.49. The lowest BCUT2D eigenvalue weighted by molar-refractivity contribution is -0.138. The molecule has 18 heavy (non-hydrogen) atoms. The quantitative estimate of drug-likeness (QED) is 0.792. The lowest BCUT2D eigenvalue weighted by Crippen LogP contribution is -2.36. The predicted octanol–water partition coefficient (Wildman–Crippen LogP) is 1.69. The van der Waals surface area contributed by atoms with E-state index in [1.54, 1.807) is 32.0 Å². The van der Waals surface area contributed by atoms with Crippen molar-refractivity contribution >= 4 is 13.8 Å². The maximum atomic E-state index is 11.6. The van der Waals surface area contributed by atoms with E-state index in [1.807, 2.05) is 0 Å². The van der Waals surface area contributed by atoms with Crippen LogP contribution in [0.15, 0.2) is 30.3 Å². The van der Waals surface area contributed by atoms with Gasteiger partial charge in [0.1, 0.15) is 11.8 Å². The molecule has 0 aromatic heterocycles. The number of hydrogen-bond donors (Lipinski definition) is 2. The highest BCUT2D eigenvalue weighted by molar-refractivity contribution is 7.48. The number of benzene rings is 1. The first kappa shape index (κ1) is 14.7. The molecule has 0 spiro atoms. The lowest BCUT2D eigenvalue weighted by atomic mass is 10.1. The van der Waals surface area contributed by atoms with Gasteiger partial charge in [-0.25, -0.2) is 9.36 Å². The van der Waals surface area contributed by atoms with Crippen LogP contribution in [-0.2, 0) is 13.9 Å². The molecule has 0 saturated heterocycles. The zero-order valence-corrected chi connectivity index (χ0v) is 11.0. The van der Waals surface area contributed by atoms with Crippen LogP contribution in [0.2, 0.25) is 0 Å². The molecule has 0 aliphatic rings. The van der Waals surface area contributed by atoms with E-state index in [4.69, 9.17) is 10.3 Å². The van der Waals surface area contributed by atoms with Crippen LogP contribution in [0.5, 0.6) is 5.75 Å². The fraction of sp³-hybridized carbons (Fsp3) is 0.364. The Kier molecular flexibility index (Phi) is 4.90. The molecule has 3 N–H and O–H groups in total. The second-order valence-corrected chi connectivity index (χ2v) is 5.36. The highest BCUT2D eigenvalue weighted by Gasteiger charge is 2.31. The van der Waals surface area contributed by atoms with Crippen molar-refractivity contribution in [3.63, 3.8) is 0 Å². The average Bonchev–Trinajstić information content (AvgIpc) is 2.27. The molecule has 1 aromatic carbocycles. The number of nitrogens with two attached hydrogens (primary N) is 1. The lowest BCUT2D eigenvalue weighted by Gasteiger charge is -2.17.